The second-order valence-corrected chi connectivity index (χ2v) is 6.98. The Hall–Kier alpha value is -2.35. The third-order valence-corrected chi connectivity index (χ3v) is 4.99. The van der Waals surface area contributed by atoms with E-state index >= 15 is 0 Å². The molecule has 0 spiro atoms. The van der Waals surface area contributed by atoms with Gasteiger partial charge in [0.1, 0.15) is 0 Å². The van der Waals surface area contributed by atoms with Gasteiger partial charge in [0.05, 0.1) is 16.2 Å². The number of carbonyl (C=O) groups is 2. The predicted molar refractivity (Wildman–Crippen MR) is 98.9 cm³/mol. The van der Waals surface area contributed by atoms with Crippen molar-refractivity contribution < 1.29 is 9.59 Å². The van der Waals surface area contributed by atoms with Gasteiger partial charge in [-0.2, -0.15) is 0 Å². The molecule has 0 fully saturated rings. The molecule has 0 saturated heterocycles. The first-order chi connectivity index (χ1) is 11.9. The molecule has 25 heavy (non-hydrogen) atoms. The molecular weight excluding hydrogens is 340 g/mol. The minimum absolute atomic E-state index is 0.0543. The number of hydrogen-bond donors (Lipinski definition) is 2. The Morgan fingerprint density at radius 1 is 1.28 bits per heavy atom. The van der Waals surface area contributed by atoms with Gasteiger partial charge in [0.15, 0.2) is 5.16 Å². The molecule has 0 aliphatic carbocycles. The van der Waals surface area contributed by atoms with Gasteiger partial charge >= 0.3 is 6.03 Å². The predicted octanol–water partition coefficient (Wildman–Crippen LogP) is 2.30. The minimum atomic E-state index is -0.583. The average molecular weight is 362 g/mol. The van der Waals surface area contributed by atoms with Crippen molar-refractivity contribution >= 4 is 34.6 Å². The number of hydrogen-bond acceptors (Lipinski definition) is 5. The van der Waals surface area contributed by atoms with Crippen molar-refractivity contribution in [3.05, 3.63) is 34.6 Å². The van der Waals surface area contributed by atoms with Crippen LogP contribution in [0.1, 0.15) is 33.2 Å². The topological polar surface area (TPSA) is 93.1 Å². The molecule has 2 atom stereocenters. The molecule has 2 rings (SSSR count). The van der Waals surface area contributed by atoms with Crippen LogP contribution in [0.5, 0.6) is 0 Å². The van der Waals surface area contributed by atoms with E-state index in [0.717, 1.165) is 18.2 Å². The van der Waals surface area contributed by atoms with Crippen LogP contribution < -0.4 is 16.2 Å². The molecule has 3 amide bonds. The summed E-state index contributed by atoms with van der Waals surface area (Å²) in [6, 6.07) is 6.53. The molecule has 7 nitrogen and oxygen atoms in total. The molecule has 0 radical (unpaired) electrons. The van der Waals surface area contributed by atoms with Crippen molar-refractivity contribution in [3.63, 3.8) is 0 Å². The van der Waals surface area contributed by atoms with E-state index in [2.05, 4.69) is 15.6 Å². The number of nitrogens with one attached hydrogen (secondary N) is 2. The van der Waals surface area contributed by atoms with Crippen LogP contribution >= 0.6 is 11.8 Å². The number of fused-ring (bicyclic) bond motifs is 1. The average Bonchev–Trinajstić information content (AvgIpc) is 2.61. The van der Waals surface area contributed by atoms with Gasteiger partial charge in [0.2, 0.25) is 5.91 Å². The highest BCUT2D eigenvalue weighted by atomic mass is 32.2. The van der Waals surface area contributed by atoms with Gasteiger partial charge in [-0.1, -0.05) is 30.8 Å². The lowest BCUT2D eigenvalue weighted by Gasteiger charge is -2.20. The third-order valence-electron chi connectivity index (χ3n) is 3.92. The summed E-state index contributed by atoms with van der Waals surface area (Å²) in [5.74, 6) is -0.442. The summed E-state index contributed by atoms with van der Waals surface area (Å²) >= 11 is 1.16. The summed E-state index contributed by atoms with van der Waals surface area (Å²) in [6.07, 6.45) is 0.756. The Morgan fingerprint density at radius 2 is 1.96 bits per heavy atom. The summed E-state index contributed by atoms with van der Waals surface area (Å²) < 4.78 is 1.62. The molecule has 1 aromatic heterocycles. The summed E-state index contributed by atoms with van der Waals surface area (Å²) in [7, 11) is 1.44. The van der Waals surface area contributed by atoms with Crippen LogP contribution in [0.2, 0.25) is 0 Å². The van der Waals surface area contributed by atoms with Gasteiger partial charge in [0.25, 0.3) is 5.56 Å². The number of nitrogens with zero attached hydrogens (tertiary/aromatic N) is 2. The Bertz CT molecular complexity index is 849. The van der Waals surface area contributed by atoms with Crippen molar-refractivity contribution in [1.82, 2.24) is 20.2 Å². The van der Waals surface area contributed by atoms with Crippen molar-refractivity contribution in [1.29, 1.82) is 0 Å². The molecule has 134 valence electrons. The first-order valence-corrected chi connectivity index (χ1v) is 8.97. The number of imide groups is 1. The van der Waals surface area contributed by atoms with E-state index in [0.29, 0.717) is 16.1 Å². The second-order valence-electron chi connectivity index (χ2n) is 5.67. The number of amides is 3. The van der Waals surface area contributed by atoms with Crippen molar-refractivity contribution in [2.45, 2.75) is 43.6 Å². The maximum Gasteiger partial charge on any atom is 0.321 e. The van der Waals surface area contributed by atoms with Crippen molar-refractivity contribution in [2.75, 3.05) is 7.05 Å². The molecule has 0 saturated carbocycles. The molecule has 2 aromatic rings. The molecule has 0 aliphatic heterocycles. The quantitative estimate of drug-likeness (QED) is 0.629. The van der Waals surface area contributed by atoms with Crippen LogP contribution in [0, 0.1) is 0 Å². The Balaban J connectivity index is 2.43. The number of rotatable bonds is 5. The highest BCUT2D eigenvalue weighted by Gasteiger charge is 2.22. The maximum atomic E-state index is 12.9. The summed E-state index contributed by atoms with van der Waals surface area (Å²) in [6.45, 7) is 5.60. The highest BCUT2D eigenvalue weighted by Crippen LogP contribution is 2.25. The Kier molecular flexibility index (Phi) is 6.19. The maximum absolute atomic E-state index is 12.9. The van der Waals surface area contributed by atoms with Crippen LogP contribution in [0.25, 0.3) is 10.9 Å². The van der Waals surface area contributed by atoms with Crippen LogP contribution in [-0.4, -0.2) is 33.8 Å². The molecule has 8 heteroatoms. The van der Waals surface area contributed by atoms with Gasteiger partial charge in [-0.3, -0.25) is 19.5 Å². The second kappa shape index (κ2) is 8.15. The molecule has 0 aliphatic rings. The number of thioether (sulfide) groups is 1. The molecule has 2 N–H and O–H groups in total. The number of aromatic nitrogens is 2. The standard InChI is InChI=1S/C17H22N4O3S/c1-5-10(2)21-15(23)12-8-6-7-9-13(12)19-17(21)25-11(3)14(22)20-16(24)18-4/h6-11H,5H2,1-4H3,(H2,18,20,22,24)/t10-,11+/m0/s1. The number of carbonyl (C=O) groups excluding carboxylic acids is 2. The molecule has 1 heterocycles. The van der Waals surface area contributed by atoms with Gasteiger partial charge in [0, 0.05) is 13.1 Å². The number of benzene rings is 1. The highest BCUT2D eigenvalue weighted by molar-refractivity contribution is 8.00. The van der Waals surface area contributed by atoms with Gasteiger partial charge in [-0.15, -0.1) is 0 Å². The third kappa shape index (κ3) is 4.19. The zero-order valence-electron chi connectivity index (χ0n) is 14.7. The number of urea groups is 1. The van der Waals surface area contributed by atoms with E-state index in [9.17, 15) is 14.4 Å². The number of para-hydroxylation sites is 1. The summed E-state index contributed by atoms with van der Waals surface area (Å²) in [5.41, 5.74) is 0.467. The molecule has 0 unspecified atom stereocenters. The van der Waals surface area contributed by atoms with E-state index in [1.54, 1.807) is 29.7 Å². The molecule has 1 aromatic carbocycles. The van der Waals surface area contributed by atoms with Gasteiger partial charge < -0.3 is 5.32 Å². The summed E-state index contributed by atoms with van der Waals surface area (Å²) in [5, 5.41) is 5.01. The zero-order chi connectivity index (χ0) is 18.6. The SMILES string of the molecule is CC[C@H](C)n1c(S[C@H](C)C(=O)NC(=O)NC)nc2ccccc2c1=O. The van der Waals surface area contributed by atoms with Gasteiger partial charge in [-0.05, 0) is 32.4 Å². The smallest absolute Gasteiger partial charge is 0.321 e. The normalized spacial score (nSPS) is 13.3. The Labute approximate surface area is 150 Å². The zero-order valence-corrected chi connectivity index (χ0v) is 15.5. The fourth-order valence-corrected chi connectivity index (χ4v) is 3.28. The largest absolute Gasteiger partial charge is 0.341 e. The first-order valence-electron chi connectivity index (χ1n) is 8.09. The van der Waals surface area contributed by atoms with Gasteiger partial charge in [-0.25, -0.2) is 9.78 Å². The van der Waals surface area contributed by atoms with Crippen LogP contribution in [0.15, 0.2) is 34.2 Å². The lowest BCUT2D eigenvalue weighted by Crippen LogP contribution is -2.41. The lowest BCUT2D eigenvalue weighted by atomic mass is 10.2. The van der Waals surface area contributed by atoms with Crippen LogP contribution in [-0.2, 0) is 4.79 Å². The molecular formula is C17H22N4O3S. The monoisotopic (exact) mass is 362 g/mol. The molecule has 0 bridgehead atoms. The van der Waals surface area contributed by atoms with E-state index in [4.69, 9.17) is 0 Å². The van der Waals surface area contributed by atoms with E-state index < -0.39 is 17.2 Å². The van der Waals surface area contributed by atoms with E-state index in [1.165, 1.54) is 7.05 Å². The minimum Gasteiger partial charge on any atom is -0.341 e. The summed E-state index contributed by atoms with van der Waals surface area (Å²) in [4.78, 5) is 40.9. The fourth-order valence-electron chi connectivity index (χ4n) is 2.27. The van der Waals surface area contributed by atoms with Crippen LogP contribution in [0.4, 0.5) is 4.79 Å². The fraction of sp³-hybridized carbons (Fsp3) is 0.412. The van der Waals surface area contributed by atoms with E-state index in [-0.39, 0.29) is 11.6 Å². The van der Waals surface area contributed by atoms with Crippen molar-refractivity contribution in [2.24, 2.45) is 0 Å². The Morgan fingerprint density at radius 3 is 2.60 bits per heavy atom. The van der Waals surface area contributed by atoms with Crippen LogP contribution in [0.3, 0.4) is 0 Å². The first kappa shape index (κ1) is 19.0. The van der Waals surface area contributed by atoms with E-state index in [1.807, 2.05) is 19.9 Å². The lowest BCUT2D eigenvalue weighted by molar-refractivity contribution is -0.119. The van der Waals surface area contributed by atoms with Crippen molar-refractivity contribution in [3.8, 4) is 0 Å².